The van der Waals surface area contributed by atoms with Crippen molar-refractivity contribution in [2.75, 3.05) is 14.2 Å². The minimum absolute atomic E-state index is 0.00681. The number of hydrogen-bond acceptors (Lipinski definition) is 7. The van der Waals surface area contributed by atoms with Gasteiger partial charge in [-0.15, -0.1) is 4.98 Å². The summed E-state index contributed by atoms with van der Waals surface area (Å²) in [5.41, 5.74) is 0. The molecule has 0 aliphatic rings. The van der Waals surface area contributed by atoms with Crippen molar-refractivity contribution in [1.82, 2.24) is 15.0 Å². The highest BCUT2D eigenvalue weighted by atomic mass is 16.5. The van der Waals surface area contributed by atoms with Gasteiger partial charge >= 0.3 is 12.0 Å². The van der Waals surface area contributed by atoms with Crippen LogP contribution in [-0.2, 0) is 0 Å². The standard InChI is InChI=1S/C8H7N5O2/c1-14-7-11-6(5(3-9)4-10)12-8(13-7)15-2/h5H,1-2H3. The van der Waals surface area contributed by atoms with Crippen molar-refractivity contribution in [1.29, 1.82) is 10.5 Å². The van der Waals surface area contributed by atoms with E-state index in [-0.39, 0.29) is 17.8 Å². The van der Waals surface area contributed by atoms with Gasteiger partial charge < -0.3 is 9.47 Å². The highest BCUT2D eigenvalue weighted by molar-refractivity contribution is 5.21. The summed E-state index contributed by atoms with van der Waals surface area (Å²) in [7, 11) is 2.73. The Morgan fingerprint density at radius 1 is 1.00 bits per heavy atom. The van der Waals surface area contributed by atoms with Gasteiger partial charge in [0.05, 0.1) is 26.4 Å². The zero-order valence-corrected chi connectivity index (χ0v) is 8.13. The Morgan fingerprint density at radius 3 is 1.80 bits per heavy atom. The van der Waals surface area contributed by atoms with Crippen LogP contribution in [0.3, 0.4) is 0 Å². The van der Waals surface area contributed by atoms with E-state index in [0.29, 0.717) is 0 Å². The van der Waals surface area contributed by atoms with Crippen LogP contribution in [0.1, 0.15) is 11.7 Å². The number of hydrogen-bond donors (Lipinski definition) is 0. The Hall–Kier alpha value is -2.41. The first-order valence-electron chi connectivity index (χ1n) is 3.88. The quantitative estimate of drug-likeness (QED) is 0.684. The second-order valence-corrected chi connectivity index (χ2v) is 2.36. The minimum Gasteiger partial charge on any atom is -0.467 e. The lowest BCUT2D eigenvalue weighted by Crippen LogP contribution is -2.06. The van der Waals surface area contributed by atoms with E-state index in [1.54, 1.807) is 12.1 Å². The lowest BCUT2D eigenvalue weighted by molar-refractivity contribution is 0.336. The molecule has 1 rings (SSSR count). The van der Waals surface area contributed by atoms with Crippen molar-refractivity contribution >= 4 is 0 Å². The molecule has 0 spiro atoms. The molecule has 7 nitrogen and oxygen atoms in total. The second-order valence-electron chi connectivity index (χ2n) is 2.36. The number of rotatable bonds is 3. The predicted octanol–water partition coefficient (Wildman–Crippen LogP) is 0.0196. The number of methoxy groups -OCH3 is 2. The van der Waals surface area contributed by atoms with E-state index >= 15 is 0 Å². The SMILES string of the molecule is COc1nc(OC)nc(C(C#N)C#N)n1. The first-order valence-corrected chi connectivity index (χ1v) is 3.88. The van der Waals surface area contributed by atoms with Crippen molar-refractivity contribution < 1.29 is 9.47 Å². The zero-order chi connectivity index (χ0) is 11.3. The molecule has 0 aliphatic heterocycles. The van der Waals surface area contributed by atoms with Crippen LogP contribution in [-0.4, -0.2) is 29.2 Å². The summed E-state index contributed by atoms with van der Waals surface area (Å²) in [5.74, 6) is -1.04. The molecule has 0 fully saturated rings. The summed E-state index contributed by atoms with van der Waals surface area (Å²) < 4.78 is 9.55. The maximum atomic E-state index is 8.65. The lowest BCUT2D eigenvalue weighted by Gasteiger charge is -2.04. The molecule has 1 heterocycles. The van der Waals surface area contributed by atoms with Crippen LogP contribution in [0.15, 0.2) is 0 Å². The average molecular weight is 205 g/mol. The number of aromatic nitrogens is 3. The molecule has 76 valence electrons. The summed E-state index contributed by atoms with van der Waals surface area (Å²) in [6, 6.07) is 3.50. The van der Waals surface area contributed by atoms with Gasteiger partial charge in [0.2, 0.25) is 0 Å². The third-order valence-electron chi connectivity index (χ3n) is 1.49. The van der Waals surface area contributed by atoms with Gasteiger partial charge in [0.25, 0.3) is 0 Å². The number of nitrogens with zero attached hydrogens (tertiary/aromatic N) is 5. The molecule has 0 radical (unpaired) electrons. The van der Waals surface area contributed by atoms with E-state index in [1.165, 1.54) is 14.2 Å². The van der Waals surface area contributed by atoms with Gasteiger partial charge in [-0.2, -0.15) is 20.5 Å². The normalized spacial score (nSPS) is 9.13. The Balaban J connectivity index is 3.19. The third kappa shape index (κ3) is 2.29. The van der Waals surface area contributed by atoms with Crippen LogP contribution >= 0.6 is 0 Å². The highest BCUT2D eigenvalue weighted by Gasteiger charge is 2.16. The Morgan fingerprint density at radius 2 is 1.47 bits per heavy atom. The van der Waals surface area contributed by atoms with Gasteiger partial charge in [-0.05, 0) is 0 Å². The molecule has 0 unspecified atom stereocenters. The molecule has 0 aliphatic carbocycles. The minimum atomic E-state index is -1.06. The maximum absolute atomic E-state index is 8.65. The first kappa shape index (κ1) is 10.7. The van der Waals surface area contributed by atoms with Crippen molar-refractivity contribution in [3.63, 3.8) is 0 Å². The van der Waals surface area contributed by atoms with Crippen LogP contribution in [0.4, 0.5) is 0 Å². The fourth-order valence-corrected chi connectivity index (χ4v) is 0.809. The highest BCUT2D eigenvalue weighted by Crippen LogP contribution is 2.15. The van der Waals surface area contributed by atoms with E-state index in [0.717, 1.165) is 0 Å². The molecule has 0 N–H and O–H groups in total. The largest absolute Gasteiger partial charge is 0.467 e. The Bertz CT molecular complexity index is 397. The van der Waals surface area contributed by atoms with Crippen molar-refractivity contribution in [2.24, 2.45) is 0 Å². The molecule has 1 aromatic heterocycles. The van der Waals surface area contributed by atoms with E-state index in [1.807, 2.05) is 0 Å². The molecule has 0 bridgehead atoms. The van der Waals surface area contributed by atoms with E-state index in [4.69, 9.17) is 20.0 Å². The fraction of sp³-hybridized carbons (Fsp3) is 0.375. The molecule has 1 aromatic rings. The van der Waals surface area contributed by atoms with Crippen LogP contribution < -0.4 is 9.47 Å². The predicted molar refractivity (Wildman–Crippen MR) is 46.9 cm³/mol. The van der Waals surface area contributed by atoms with Crippen molar-refractivity contribution in [3.05, 3.63) is 5.82 Å². The lowest BCUT2D eigenvalue weighted by atomic mass is 10.2. The van der Waals surface area contributed by atoms with Crippen LogP contribution in [0.25, 0.3) is 0 Å². The van der Waals surface area contributed by atoms with E-state index in [2.05, 4.69) is 15.0 Å². The third-order valence-corrected chi connectivity index (χ3v) is 1.49. The topological polar surface area (TPSA) is 105 Å². The van der Waals surface area contributed by atoms with Crippen LogP contribution in [0.2, 0.25) is 0 Å². The van der Waals surface area contributed by atoms with Crippen LogP contribution in [0.5, 0.6) is 12.0 Å². The van der Waals surface area contributed by atoms with Gasteiger partial charge in [0.1, 0.15) is 0 Å². The molecule has 0 aromatic carbocycles. The van der Waals surface area contributed by atoms with Gasteiger partial charge in [0, 0.05) is 0 Å². The molecule has 15 heavy (non-hydrogen) atoms. The molecule has 0 atom stereocenters. The second kappa shape index (κ2) is 4.72. The Labute approximate surface area is 85.9 Å². The molecular weight excluding hydrogens is 198 g/mol. The number of nitriles is 2. The summed E-state index contributed by atoms with van der Waals surface area (Å²) in [5, 5.41) is 17.3. The van der Waals surface area contributed by atoms with Gasteiger partial charge in [-0.25, -0.2) is 0 Å². The zero-order valence-electron chi connectivity index (χ0n) is 8.13. The molecule has 0 saturated heterocycles. The summed E-state index contributed by atoms with van der Waals surface area (Å²) in [6.45, 7) is 0. The van der Waals surface area contributed by atoms with Crippen molar-refractivity contribution in [2.45, 2.75) is 5.92 Å². The summed E-state index contributed by atoms with van der Waals surface area (Å²) in [4.78, 5) is 11.3. The van der Waals surface area contributed by atoms with E-state index < -0.39 is 5.92 Å². The smallest absolute Gasteiger partial charge is 0.322 e. The summed E-state index contributed by atoms with van der Waals surface area (Å²) in [6.07, 6.45) is 0. The summed E-state index contributed by atoms with van der Waals surface area (Å²) >= 11 is 0. The van der Waals surface area contributed by atoms with Gasteiger partial charge in [-0.1, -0.05) is 0 Å². The molecule has 7 heteroatoms. The van der Waals surface area contributed by atoms with Crippen LogP contribution in [0, 0.1) is 22.7 Å². The monoisotopic (exact) mass is 205 g/mol. The fourth-order valence-electron chi connectivity index (χ4n) is 0.809. The molecular formula is C8H7N5O2. The van der Waals surface area contributed by atoms with E-state index in [9.17, 15) is 0 Å². The first-order chi connectivity index (χ1) is 7.24. The molecule has 0 saturated carbocycles. The Kier molecular flexibility index (Phi) is 3.36. The number of ether oxygens (including phenoxy) is 2. The van der Waals surface area contributed by atoms with Gasteiger partial charge in [0.15, 0.2) is 11.7 Å². The van der Waals surface area contributed by atoms with Crippen molar-refractivity contribution in [3.8, 4) is 24.2 Å². The van der Waals surface area contributed by atoms with Gasteiger partial charge in [-0.3, -0.25) is 0 Å². The molecule has 0 amide bonds. The average Bonchev–Trinajstić information content (AvgIpc) is 2.30. The maximum Gasteiger partial charge on any atom is 0.322 e.